The van der Waals surface area contributed by atoms with E-state index in [0.717, 1.165) is 16.2 Å². The number of nitrogens with one attached hydrogen (secondary N) is 2. The maximum absolute atomic E-state index is 12.4. The largest absolute Gasteiger partial charge is 0.484 e. The summed E-state index contributed by atoms with van der Waals surface area (Å²) in [4.78, 5) is 29.9. The van der Waals surface area contributed by atoms with Crippen molar-refractivity contribution in [3.8, 4) is 17.0 Å². The summed E-state index contributed by atoms with van der Waals surface area (Å²) in [6, 6.07) is 23.9. The normalized spacial score (nSPS) is 10.5. The average molecular weight is 510 g/mol. The van der Waals surface area contributed by atoms with Crippen molar-refractivity contribution in [2.24, 2.45) is 0 Å². The molecule has 0 unspecified atom stereocenters. The maximum Gasteiger partial charge on any atom is 0.262 e. The molecule has 1 aromatic heterocycles. The highest BCUT2D eigenvalue weighted by atomic mass is 35.5. The minimum atomic E-state index is -0.260. The summed E-state index contributed by atoms with van der Waals surface area (Å²) in [7, 11) is 0. The van der Waals surface area contributed by atoms with Gasteiger partial charge in [-0.25, -0.2) is 4.98 Å². The van der Waals surface area contributed by atoms with Crippen molar-refractivity contribution in [1.82, 2.24) is 4.98 Å². The molecular weight excluding hydrogens is 490 g/mol. The highest BCUT2D eigenvalue weighted by molar-refractivity contribution is 8.00. The Morgan fingerprint density at radius 2 is 1.74 bits per heavy atom. The van der Waals surface area contributed by atoms with Gasteiger partial charge in [0.1, 0.15) is 5.75 Å². The summed E-state index contributed by atoms with van der Waals surface area (Å²) in [5, 5.41) is 8.72. The molecule has 0 saturated carbocycles. The third-order valence-electron chi connectivity index (χ3n) is 4.49. The Morgan fingerprint density at radius 3 is 2.53 bits per heavy atom. The molecule has 0 saturated heterocycles. The molecule has 0 spiro atoms. The standard InChI is InChI=1S/C25H20ClN3O3S2/c26-18-11-9-17(10-12-18)22-15-34-25(28-22)29-24(31)16-33-21-8-4-5-19(13-21)27-23(30)14-32-20-6-2-1-3-7-20/h1-13,15H,14,16H2,(H,27,30)(H,28,29,31). The van der Waals surface area contributed by atoms with Gasteiger partial charge < -0.3 is 15.4 Å². The molecular formula is C25H20ClN3O3S2. The van der Waals surface area contributed by atoms with E-state index in [0.29, 0.717) is 21.6 Å². The van der Waals surface area contributed by atoms with Gasteiger partial charge in [0.2, 0.25) is 5.91 Å². The second-order valence-corrected chi connectivity index (χ2v) is 9.40. The predicted octanol–water partition coefficient (Wildman–Crippen LogP) is 6.21. The van der Waals surface area contributed by atoms with Crippen molar-refractivity contribution in [3.05, 3.63) is 89.3 Å². The first-order valence-corrected chi connectivity index (χ1v) is 12.5. The first-order chi connectivity index (χ1) is 16.5. The van der Waals surface area contributed by atoms with Gasteiger partial charge in [0, 0.05) is 26.5 Å². The fraction of sp³-hybridized carbons (Fsp3) is 0.0800. The Morgan fingerprint density at radius 1 is 0.941 bits per heavy atom. The monoisotopic (exact) mass is 509 g/mol. The number of thiazole rings is 1. The van der Waals surface area contributed by atoms with E-state index in [4.69, 9.17) is 16.3 Å². The molecule has 0 aliphatic rings. The molecule has 0 fully saturated rings. The number of rotatable bonds is 9. The van der Waals surface area contributed by atoms with Crippen LogP contribution in [0.25, 0.3) is 11.3 Å². The molecule has 0 aliphatic heterocycles. The van der Waals surface area contributed by atoms with Crippen LogP contribution in [0.5, 0.6) is 5.75 Å². The number of hydrogen-bond donors (Lipinski definition) is 2. The lowest BCUT2D eigenvalue weighted by atomic mass is 10.2. The quantitative estimate of drug-likeness (QED) is 0.262. The van der Waals surface area contributed by atoms with Crippen LogP contribution in [0, 0.1) is 0 Å². The number of amides is 2. The SMILES string of the molecule is O=C(COc1ccccc1)Nc1cccc(SCC(=O)Nc2nc(-c3ccc(Cl)cc3)cs2)c1. The van der Waals surface area contributed by atoms with E-state index in [1.165, 1.54) is 23.1 Å². The topological polar surface area (TPSA) is 80.3 Å². The number of ether oxygens (including phenoxy) is 1. The van der Waals surface area contributed by atoms with Crippen molar-refractivity contribution in [3.63, 3.8) is 0 Å². The molecule has 0 aliphatic carbocycles. The van der Waals surface area contributed by atoms with Crippen LogP contribution in [-0.4, -0.2) is 29.2 Å². The molecule has 34 heavy (non-hydrogen) atoms. The van der Waals surface area contributed by atoms with Crippen LogP contribution in [-0.2, 0) is 9.59 Å². The Kier molecular flexibility index (Phi) is 8.19. The van der Waals surface area contributed by atoms with Gasteiger partial charge in [-0.1, -0.05) is 48.0 Å². The molecule has 172 valence electrons. The van der Waals surface area contributed by atoms with Gasteiger partial charge >= 0.3 is 0 Å². The van der Waals surface area contributed by atoms with Crippen LogP contribution in [0.15, 0.2) is 89.1 Å². The minimum Gasteiger partial charge on any atom is -0.484 e. The van der Waals surface area contributed by atoms with Crippen molar-refractivity contribution in [1.29, 1.82) is 0 Å². The van der Waals surface area contributed by atoms with E-state index in [2.05, 4.69) is 15.6 Å². The molecule has 2 amide bonds. The summed E-state index contributed by atoms with van der Waals surface area (Å²) in [5.74, 6) is 0.426. The Balaban J connectivity index is 1.25. The first kappa shape index (κ1) is 23.8. The molecule has 4 aromatic rings. The van der Waals surface area contributed by atoms with Gasteiger partial charge in [-0.15, -0.1) is 23.1 Å². The molecule has 1 heterocycles. The van der Waals surface area contributed by atoms with E-state index < -0.39 is 0 Å². The zero-order chi connectivity index (χ0) is 23.8. The molecule has 2 N–H and O–H groups in total. The third kappa shape index (κ3) is 7.08. The zero-order valence-electron chi connectivity index (χ0n) is 17.9. The van der Waals surface area contributed by atoms with Gasteiger partial charge in [0.05, 0.1) is 11.4 Å². The van der Waals surface area contributed by atoms with E-state index in [9.17, 15) is 9.59 Å². The lowest BCUT2D eigenvalue weighted by molar-refractivity contribution is -0.118. The Bertz CT molecular complexity index is 1260. The molecule has 0 atom stereocenters. The molecule has 0 bridgehead atoms. The average Bonchev–Trinajstić information content (AvgIpc) is 3.31. The van der Waals surface area contributed by atoms with Gasteiger partial charge in [-0.3, -0.25) is 9.59 Å². The number of anilines is 2. The number of hydrogen-bond acceptors (Lipinski definition) is 6. The second-order valence-electron chi connectivity index (χ2n) is 7.06. The number of nitrogens with zero attached hydrogens (tertiary/aromatic N) is 1. The second kappa shape index (κ2) is 11.7. The van der Waals surface area contributed by atoms with Crippen LogP contribution < -0.4 is 15.4 Å². The van der Waals surface area contributed by atoms with Crippen molar-refractivity contribution in [2.45, 2.75) is 4.90 Å². The van der Waals surface area contributed by atoms with Crippen molar-refractivity contribution >= 4 is 57.3 Å². The maximum atomic E-state index is 12.4. The summed E-state index contributed by atoms with van der Waals surface area (Å²) >= 11 is 8.66. The van der Waals surface area contributed by atoms with Crippen LogP contribution in [0.1, 0.15) is 0 Å². The highest BCUT2D eigenvalue weighted by Crippen LogP contribution is 2.27. The lowest BCUT2D eigenvalue weighted by Crippen LogP contribution is -2.20. The first-order valence-electron chi connectivity index (χ1n) is 10.3. The van der Waals surface area contributed by atoms with Gasteiger partial charge in [0.25, 0.3) is 5.91 Å². The highest BCUT2D eigenvalue weighted by Gasteiger charge is 2.10. The number of para-hydroxylation sites is 1. The van der Waals surface area contributed by atoms with Gasteiger partial charge in [-0.05, 0) is 42.5 Å². The zero-order valence-corrected chi connectivity index (χ0v) is 20.3. The molecule has 9 heteroatoms. The molecule has 6 nitrogen and oxygen atoms in total. The van der Waals surface area contributed by atoms with Crippen LogP contribution >= 0.6 is 34.7 Å². The fourth-order valence-corrected chi connectivity index (χ4v) is 4.53. The smallest absolute Gasteiger partial charge is 0.262 e. The molecule has 4 rings (SSSR count). The van der Waals surface area contributed by atoms with Crippen LogP contribution in [0.4, 0.5) is 10.8 Å². The summed E-state index contributed by atoms with van der Waals surface area (Å²) < 4.78 is 5.46. The predicted molar refractivity (Wildman–Crippen MR) is 139 cm³/mol. The number of carbonyl (C=O) groups excluding carboxylic acids is 2. The van der Waals surface area contributed by atoms with E-state index in [-0.39, 0.29) is 24.2 Å². The number of halogens is 1. The van der Waals surface area contributed by atoms with Crippen LogP contribution in [0.3, 0.4) is 0 Å². The molecule has 0 radical (unpaired) electrons. The van der Waals surface area contributed by atoms with E-state index >= 15 is 0 Å². The number of carbonyl (C=O) groups is 2. The fourth-order valence-electron chi connectivity index (χ4n) is 2.91. The minimum absolute atomic E-state index is 0.0877. The summed E-state index contributed by atoms with van der Waals surface area (Å²) in [6.45, 7) is -0.0877. The lowest BCUT2D eigenvalue weighted by Gasteiger charge is -2.09. The Labute approximate surface area is 210 Å². The van der Waals surface area contributed by atoms with E-state index in [1.807, 2.05) is 53.9 Å². The number of thioether (sulfide) groups is 1. The van der Waals surface area contributed by atoms with Gasteiger partial charge in [-0.2, -0.15) is 0 Å². The summed E-state index contributed by atoms with van der Waals surface area (Å²) in [5.41, 5.74) is 2.35. The van der Waals surface area contributed by atoms with Crippen molar-refractivity contribution in [2.75, 3.05) is 23.0 Å². The van der Waals surface area contributed by atoms with Crippen LogP contribution in [0.2, 0.25) is 5.02 Å². The summed E-state index contributed by atoms with van der Waals surface area (Å²) in [6.07, 6.45) is 0. The number of benzene rings is 3. The van der Waals surface area contributed by atoms with Gasteiger partial charge in [0.15, 0.2) is 11.7 Å². The van der Waals surface area contributed by atoms with Crippen molar-refractivity contribution < 1.29 is 14.3 Å². The van der Waals surface area contributed by atoms with E-state index in [1.54, 1.807) is 30.3 Å². The molecule has 3 aromatic carbocycles. The number of aromatic nitrogens is 1. The third-order valence-corrected chi connectivity index (χ3v) is 6.49. The Hall–Kier alpha value is -3.33.